The Morgan fingerprint density at radius 1 is 0.750 bits per heavy atom. The maximum absolute atomic E-state index is 0. The summed E-state index contributed by atoms with van der Waals surface area (Å²) in [7, 11) is 0. The molecule has 0 aliphatic carbocycles. The molecule has 0 aliphatic heterocycles. The summed E-state index contributed by atoms with van der Waals surface area (Å²) in [6.07, 6.45) is 0. The van der Waals surface area contributed by atoms with E-state index in [-0.39, 0.29) is 198 Å². The molecule has 0 amide bonds. The predicted octanol–water partition coefficient (Wildman–Crippen LogP) is -9.38. The Bertz CT molecular complexity index is 29.8. The quantitative estimate of drug-likeness (QED) is 0.393. The molecule has 4 nitrogen and oxygen atoms in total. The number of hydrogen-bond donors (Lipinski definition) is 0. The third-order valence-corrected chi connectivity index (χ3v) is 0. The van der Waals surface area contributed by atoms with Gasteiger partial charge in [-0.15, -0.1) is 0 Å². The van der Waals surface area contributed by atoms with Crippen molar-refractivity contribution in [1.82, 2.24) is 0 Å². The third kappa shape index (κ3) is 42.6. The Morgan fingerprint density at radius 2 is 0.750 bits per heavy atom. The topological polar surface area (TPSA) is 126 Å². The van der Waals surface area contributed by atoms with Crippen LogP contribution in [-0.4, -0.2) is 109 Å². The summed E-state index contributed by atoms with van der Waals surface area (Å²) >= 11 is 0. The fraction of sp³-hybridized carbons (Fsp3) is 0. The first kappa shape index (κ1) is 71.6. The van der Waals surface area contributed by atoms with E-state index in [1.165, 1.54) is 0 Å². The van der Waals surface area contributed by atoms with Crippen LogP contribution in [0.25, 0.3) is 0 Å². The van der Waals surface area contributed by atoms with Crippen LogP contribution in [0.3, 0.4) is 0 Å². The van der Waals surface area contributed by atoms with Crippen LogP contribution in [0.1, 0.15) is 8.56 Å². The minimum Gasteiger partial charge on any atom is -1.00 e. The number of rotatable bonds is 0. The van der Waals surface area contributed by atoms with Gasteiger partial charge in [-0.05, 0) is 0 Å². The van der Waals surface area contributed by atoms with Crippen molar-refractivity contribution in [3.8, 4) is 0 Å². The van der Waals surface area contributed by atoms with E-state index in [1.807, 2.05) is 0 Å². The average molecular weight is 318 g/mol. The van der Waals surface area contributed by atoms with Crippen molar-refractivity contribution in [2.24, 2.45) is 0 Å². The Balaban J connectivity index is 0. The van der Waals surface area contributed by atoms with E-state index in [0.717, 1.165) is 0 Å². The normalized spacial score (nSPS) is 0. The molecule has 0 aliphatic rings. The van der Waals surface area contributed by atoms with Gasteiger partial charge >= 0.3 is 168 Å². The zero-order valence-electron chi connectivity index (χ0n) is 11.4. The van der Waals surface area contributed by atoms with E-state index in [1.54, 1.807) is 0 Å². The molecule has 8 N–H and O–H groups in total. The van der Waals surface area contributed by atoms with Crippen molar-refractivity contribution >= 4 is 86.6 Å². The molecule has 0 heterocycles. The van der Waals surface area contributed by atoms with Crippen molar-refractivity contribution in [3.05, 3.63) is 0 Å². The molecule has 0 unspecified atom stereocenters. The van der Waals surface area contributed by atoms with Gasteiger partial charge in [0.2, 0.25) is 0 Å². The van der Waals surface area contributed by atoms with Gasteiger partial charge < -0.3 is 30.5 Å². The zero-order chi connectivity index (χ0) is 0. The van der Waals surface area contributed by atoms with E-state index in [0.29, 0.717) is 0 Å². The van der Waals surface area contributed by atoms with Gasteiger partial charge in [0.25, 0.3) is 0 Å². The fourth-order valence-corrected chi connectivity index (χ4v) is 0. The van der Waals surface area contributed by atoms with Crippen molar-refractivity contribution in [2.75, 3.05) is 0 Å². The molecule has 0 spiro atoms. The standard InChI is InChI=1S/Ba.Ca.K.Na.4H2O.6H/h;;;;4*1H2;;;;;;/q2*+2;2*+1;;;;;6*-1. The molecule has 0 saturated carbocycles. The minimum atomic E-state index is 0. The minimum absolute atomic E-state index is 0. The van der Waals surface area contributed by atoms with Crippen LogP contribution in [0.15, 0.2) is 0 Å². The molecule has 0 fully saturated rings. The van der Waals surface area contributed by atoms with Gasteiger partial charge in [0.05, 0.1) is 0 Å². The third-order valence-electron chi connectivity index (χ3n) is 0. The van der Waals surface area contributed by atoms with Crippen LogP contribution in [0.5, 0.6) is 0 Å². The maximum atomic E-state index is 0. The fourth-order valence-electron chi connectivity index (χ4n) is 0. The van der Waals surface area contributed by atoms with Gasteiger partial charge in [0, 0.05) is 0 Å². The zero-order valence-corrected chi connectivity index (χ0v) is 17.2. The summed E-state index contributed by atoms with van der Waals surface area (Å²) in [6, 6.07) is 0. The van der Waals surface area contributed by atoms with Gasteiger partial charge in [-0.1, -0.05) is 0 Å². The van der Waals surface area contributed by atoms with Crippen LogP contribution in [0.2, 0.25) is 0 Å². The van der Waals surface area contributed by atoms with E-state index < -0.39 is 0 Å². The van der Waals surface area contributed by atoms with Gasteiger partial charge in [0.15, 0.2) is 0 Å². The monoisotopic (exact) mass is 318 g/mol. The second-order valence-corrected chi connectivity index (χ2v) is 0. The molecule has 0 radical (unpaired) electrons. The summed E-state index contributed by atoms with van der Waals surface area (Å²) in [5.74, 6) is 0. The van der Waals surface area contributed by atoms with Crippen molar-refractivity contribution in [1.29, 1.82) is 0 Å². The second-order valence-electron chi connectivity index (χ2n) is 0. The molecule has 8 heavy (non-hydrogen) atoms. The summed E-state index contributed by atoms with van der Waals surface area (Å²) in [5.41, 5.74) is 0. The van der Waals surface area contributed by atoms with E-state index in [9.17, 15) is 0 Å². The van der Waals surface area contributed by atoms with Gasteiger partial charge in [-0.3, -0.25) is 0 Å². The summed E-state index contributed by atoms with van der Waals surface area (Å²) in [6.45, 7) is 0. The Kier molecular flexibility index (Phi) is 500. The Labute approximate surface area is 192 Å². The molecule has 0 aromatic heterocycles. The molecule has 0 rings (SSSR count). The van der Waals surface area contributed by atoms with Crippen LogP contribution < -0.4 is 80.9 Å². The first-order valence-corrected chi connectivity index (χ1v) is 0. The number of hydrogen-bond acceptors (Lipinski definition) is 0. The van der Waals surface area contributed by atoms with Gasteiger partial charge in [-0.2, -0.15) is 0 Å². The first-order valence-electron chi connectivity index (χ1n) is 0. The molecule has 0 saturated heterocycles. The van der Waals surface area contributed by atoms with Crippen LogP contribution >= 0.6 is 0 Å². The van der Waals surface area contributed by atoms with E-state index >= 15 is 0 Å². The summed E-state index contributed by atoms with van der Waals surface area (Å²) in [5, 5.41) is 0. The molecule has 0 bridgehead atoms. The Hall–Kier alpha value is 5.31. The second kappa shape index (κ2) is 55.9. The van der Waals surface area contributed by atoms with Gasteiger partial charge in [-0.25, -0.2) is 0 Å². The maximum Gasteiger partial charge on any atom is 2.00 e. The molecule has 0 aromatic carbocycles. The molecule has 8 heteroatoms. The predicted molar refractivity (Wildman–Crippen MR) is 32.6 cm³/mol. The summed E-state index contributed by atoms with van der Waals surface area (Å²) in [4.78, 5) is 0. The SMILES string of the molecule is O.O.O.O.[Ba+2].[Ca+2].[H-].[H-].[H-].[H-].[H-].[H-].[K+].[Na+]. The molecule has 44 valence electrons. The Morgan fingerprint density at radius 3 is 0.750 bits per heavy atom. The average Bonchev–Trinajstić information content (AvgIpc) is 0. The van der Waals surface area contributed by atoms with Crippen molar-refractivity contribution in [2.45, 2.75) is 0 Å². The van der Waals surface area contributed by atoms with Crippen molar-refractivity contribution in [3.63, 3.8) is 0 Å². The largest absolute Gasteiger partial charge is 2.00 e. The molecule has 0 atom stereocenters. The molecule has 0 aromatic rings. The van der Waals surface area contributed by atoms with Crippen molar-refractivity contribution < 1.29 is 111 Å². The van der Waals surface area contributed by atoms with Crippen LogP contribution in [0.4, 0.5) is 0 Å². The smallest absolute Gasteiger partial charge is 1.00 e. The van der Waals surface area contributed by atoms with E-state index in [2.05, 4.69) is 0 Å². The summed E-state index contributed by atoms with van der Waals surface area (Å²) < 4.78 is 0. The van der Waals surface area contributed by atoms with Crippen LogP contribution in [0, 0.1) is 0 Å². The van der Waals surface area contributed by atoms with E-state index in [4.69, 9.17) is 0 Å². The molecular weight excluding hydrogens is 303 g/mol. The molecular formula is H14BaCaKNaO4. The van der Waals surface area contributed by atoms with Gasteiger partial charge in [0.1, 0.15) is 0 Å². The first-order chi connectivity index (χ1) is 0. The van der Waals surface area contributed by atoms with Crippen LogP contribution in [-0.2, 0) is 0 Å².